The predicted molar refractivity (Wildman–Crippen MR) is 62.6 cm³/mol. The average Bonchev–Trinajstić information content (AvgIpc) is 2.57. The molecule has 0 aromatic rings. The Morgan fingerprint density at radius 3 is 2.80 bits per heavy atom. The second kappa shape index (κ2) is 5.82. The molecule has 0 spiro atoms. The summed E-state index contributed by atoms with van der Waals surface area (Å²) in [6, 6.07) is 0.565. The molecule has 0 aromatic carbocycles. The Labute approximate surface area is 92.7 Å². The van der Waals surface area contributed by atoms with Crippen LogP contribution in [-0.4, -0.2) is 51.0 Å². The maximum absolute atomic E-state index is 11.1. The number of nitrogens with two attached hydrogens (primary N) is 1. The standard InChI is InChI=1S/C10H22N2O2S/c1-15(13,14)9-8-12-7-3-5-10(12)4-2-6-11/h10H,2-9,11H2,1H3. The third-order valence-electron chi connectivity index (χ3n) is 2.99. The van der Waals surface area contributed by atoms with Crippen molar-refractivity contribution in [3.05, 3.63) is 0 Å². The average molecular weight is 234 g/mol. The SMILES string of the molecule is CS(=O)(=O)CCN1CCCC1CCCN. The van der Waals surface area contributed by atoms with Crippen molar-refractivity contribution in [2.75, 3.05) is 31.6 Å². The summed E-state index contributed by atoms with van der Waals surface area (Å²) in [5, 5.41) is 0. The number of hydrogen-bond acceptors (Lipinski definition) is 4. The minimum Gasteiger partial charge on any atom is -0.330 e. The van der Waals surface area contributed by atoms with E-state index >= 15 is 0 Å². The second-order valence-corrected chi connectivity index (χ2v) is 6.65. The van der Waals surface area contributed by atoms with Crippen LogP contribution in [0.1, 0.15) is 25.7 Å². The number of rotatable bonds is 6. The van der Waals surface area contributed by atoms with E-state index in [0.717, 1.165) is 25.9 Å². The molecule has 0 aromatic heterocycles. The Bertz CT molecular complexity index is 277. The fourth-order valence-electron chi connectivity index (χ4n) is 2.15. The summed E-state index contributed by atoms with van der Waals surface area (Å²) in [5.41, 5.74) is 5.48. The van der Waals surface area contributed by atoms with Crippen molar-refractivity contribution >= 4 is 9.84 Å². The van der Waals surface area contributed by atoms with Crippen molar-refractivity contribution in [1.29, 1.82) is 0 Å². The van der Waals surface area contributed by atoms with Gasteiger partial charge >= 0.3 is 0 Å². The Balaban J connectivity index is 2.33. The molecule has 1 atom stereocenters. The largest absolute Gasteiger partial charge is 0.330 e. The minimum absolute atomic E-state index is 0.284. The molecule has 1 saturated heterocycles. The van der Waals surface area contributed by atoms with Crippen LogP contribution >= 0.6 is 0 Å². The fourth-order valence-corrected chi connectivity index (χ4v) is 2.72. The van der Waals surface area contributed by atoms with Crippen molar-refractivity contribution in [2.45, 2.75) is 31.7 Å². The molecular weight excluding hydrogens is 212 g/mol. The van der Waals surface area contributed by atoms with Crippen LogP contribution in [0.2, 0.25) is 0 Å². The normalized spacial score (nSPS) is 23.5. The lowest BCUT2D eigenvalue weighted by atomic mass is 10.1. The monoisotopic (exact) mass is 234 g/mol. The first kappa shape index (κ1) is 12.9. The Morgan fingerprint density at radius 2 is 2.20 bits per heavy atom. The summed E-state index contributed by atoms with van der Waals surface area (Å²) >= 11 is 0. The van der Waals surface area contributed by atoms with Crippen molar-refractivity contribution in [3.63, 3.8) is 0 Å². The molecule has 4 nitrogen and oxygen atoms in total. The number of hydrogen-bond donors (Lipinski definition) is 1. The minimum atomic E-state index is -2.82. The van der Waals surface area contributed by atoms with E-state index in [9.17, 15) is 8.42 Å². The highest BCUT2D eigenvalue weighted by molar-refractivity contribution is 7.90. The van der Waals surface area contributed by atoms with Crippen LogP contribution in [0.4, 0.5) is 0 Å². The highest BCUT2D eigenvalue weighted by Crippen LogP contribution is 2.20. The van der Waals surface area contributed by atoms with Gasteiger partial charge in [0, 0.05) is 18.8 Å². The third kappa shape index (κ3) is 4.95. The van der Waals surface area contributed by atoms with Gasteiger partial charge in [-0.25, -0.2) is 8.42 Å². The molecule has 5 heteroatoms. The van der Waals surface area contributed by atoms with Gasteiger partial charge in [-0.3, -0.25) is 4.90 Å². The lowest BCUT2D eigenvalue weighted by Gasteiger charge is -2.23. The summed E-state index contributed by atoms with van der Waals surface area (Å²) in [6.45, 7) is 2.47. The second-order valence-electron chi connectivity index (χ2n) is 4.39. The van der Waals surface area contributed by atoms with Crippen LogP contribution in [0, 0.1) is 0 Å². The third-order valence-corrected chi connectivity index (χ3v) is 3.91. The van der Waals surface area contributed by atoms with Gasteiger partial charge in [0.1, 0.15) is 9.84 Å². The fraction of sp³-hybridized carbons (Fsp3) is 1.00. The Kier molecular flexibility index (Phi) is 5.02. The van der Waals surface area contributed by atoms with Gasteiger partial charge in [-0.2, -0.15) is 0 Å². The van der Waals surface area contributed by atoms with Crippen molar-refractivity contribution in [3.8, 4) is 0 Å². The van der Waals surface area contributed by atoms with Crippen LogP contribution in [0.3, 0.4) is 0 Å². The Hall–Kier alpha value is -0.130. The molecule has 1 heterocycles. The van der Waals surface area contributed by atoms with Gasteiger partial charge < -0.3 is 5.73 Å². The van der Waals surface area contributed by atoms with E-state index < -0.39 is 9.84 Å². The summed E-state index contributed by atoms with van der Waals surface area (Å²) in [7, 11) is -2.82. The molecule has 2 N–H and O–H groups in total. The zero-order valence-electron chi connectivity index (χ0n) is 9.48. The number of likely N-dealkylation sites (tertiary alicyclic amines) is 1. The zero-order valence-corrected chi connectivity index (χ0v) is 10.3. The van der Waals surface area contributed by atoms with E-state index in [1.807, 2.05) is 0 Å². The first-order valence-electron chi connectivity index (χ1n) is 5.65. The van der Waals surface area contributed by atoms with E-state index in [4.69, 9.17) is 5.73 Å². The smallest absolute Gasteiger partial charge is 0.148 e. The van der Waals surface area contributed by atoms with Gasteiger partial charge in [-0.1, -0.05) is 0 Å². The first-order valence-corrected chi connectivity index (χ1v) is 7.71. The van der Waals surface area contributed by atoms with Crippen LogP contribution < -0.4 is 5.73 Å². The zero-order chi connectivity index (χ0) is 11.3. The van der Waals surface area contributed by atoms with E-state index in [1.165, 1.54) is 19.1 Å². The maximum atomic E-state index is 11.1. The van der Waals surface area contributed by atoms with E-state index in [-0.39, 0.29) is 5.75 Å². The van der Waals surface area contributed by atoms with Crippen LogP contribution in [0.15, 0.2) is 0 Å². The lowest BCUT2D eigenvalue weighted by Crippen LogP contribution is -2.33. The molecule has 1 fully saturated rings. The van der Waals surface area contributed by atoms with Gasteiger partial charge in [-0.15, -0.1) is 0 Å². The summed E-state index contributed by atoms with van der Waals surface area (Å²) < 4.78 is 22.1. The lowest BCUT2D eigenvalue weighted by molar-refractivity contribution is 0.254. The van der Waals surface area contributed by atoms with Gasteiger partial charge in [0.2, 0.25) is 0 Å². The van der Waals surface area contributed by atoms with Gasteiger partial charge in [0.25, 0.3) is 0 Å². The maximum Gasteiger partial charge on any atom is 0.148 e. The van der Waals surface area contributed by atoms with E-state index in [1.54, 1.807) is 0 Å². The highest BCUT2D eigenvalue weighted by atomic mass is 32.2. The molecule has 0 radical (unpaired) electrons. The van der Waals surface area contributed by atoms with Crippen molar-refractivity contribution in [2.24, 2.45) is 5.73 Å². The molecule has 1 unspecified atom stereocenters. The predicted octanol–water partition coefficient (Wildman–Crippen LogP) is 0.234. The van der Waals surface area contributed by atoms with Gasteiger partial charge in [0.15, 0.2) is 0 Å². The van der Waals surface area contributed by atoms with Gasteiger partial charge in [0.05, 0.1) is 5.75 Å². The van der Waals surface area contributed by atoms with E-state index in [2.05, 4.69) is 4.90 Å². The van der Waals surface area contributed by atoms with E-state index in [0.29, 0.717) is 12.6 Å². The van der Waals surface area contributed by atoms with Crippen LogP contribution in [0.25, 0.3) is 0 Å². The van der Waals surface area contributed by atoms with Crippen molar-refractivity contribution in [1.82, 2.24) is 4.90 Å². The summed E-state index contributed by atoms with van der Waals surface area (Å²) in [4.78, 5) is 2.30. The molecule has 0 amide bonds. The molecule has 15 heavy (non-hydrogen) atoms. The molecule has 90 valence electrons. The van der Waals surface area contributed by atoms with Gasteiger partial charge in [-0.05, 0) is 38.8 Å². The quantitative estimate of drug-likeness (QED) is 0.715. The first-order chi connectivity index (χ1) is 7.03. The number of nitrogens with zero attached hydrogens (tertiary/aromatic N) is 1. The summed E-state index contributed by atoms with van der Waals surface area (Å²) in [6.07, 6.45) is 5.85. The molecule has 1 aliphatic heterocycles. The Morgan fingerprint density at radius 1 is 1.47 bits per heavy atom. The van der Waals surface area contributed by atoms with Crippen LogP contribution in [-0.2, 0) is 9.84 Å². The summed E-state index contributed by atoms with van der Waals surface area (Å²) in [5.74, 6) is 0.284. The molecule has 0 aliphatic carbocycles. The molecule has 1 aliphatic rings. The molecule has 0 saturated carbocycles. The topological polar surface area (TPSA) is 63.4 Å². The highest BCUT2D eigenvalue weighted by Gasteiger charge is 2.24. The molecular formula is C10H22N2O2S. The van der Waals surface area contributed by atoms with Crippen molar-refractivity contribution < 1.29 is 8.42 Å². The molecule has 0 bridgehead atoms. The number of sulfone groups is 1. The van der Waals surface area contributed by atoms with Crippen LogP contribution in [0.5, 0.6) is 0 Å². The molecule has 1 rings (SSSR count).